The summed E-state index contributed by atoms with van der Waals surface area (Å²) in [4.78, 5) is 12.2. The van der Waals surface area contributed by atoms with Gasteiger partial charge in [-0.3, -0.25) is 4.31 Å². The lowest BCUT2D eigenvalue weighted by Crippen LogP contribution is -2.27. The molecule has 3 rings (SSSR count). The number of hydrogen-bond acceptors (Lipinski definition) is 4. The number of sulfonamides is 1. The molecule has 5 nitrogen and oxygen atoms in total. The maximum Gasteiger partial charge on any atom is 0.338 e. The number of nitrogens with zero attached hydrogens (tertiary/aromatic N) is 1. The molecule has 0 atom stereocenters. The molecule has 0 N–H and O–H groups in total. The summed E-state index contributed by atoms with van der Waals surface area (Å²) in [6.07, 6.45) is 1.66. The van der Waals surface area contributed by atoms with Crippen LogP contribution in [0.2, 0.25) is 5.02 Å². The third kappa shape index (κ3) is 3.62. The molecule has 1 heterocycles. The summed E-state index contributed by atoms with van der Waals surface area (Å²) in [7, 11) is -3.34. The number of hydrogen-bond donors (Lipinski definition) is 0. The van der Waals surface area contributed by atoms with Gasteiger partial charge in [-0.05, 0) is 42.3 Å². The molecule has 0 spiro atoms. The van der Waals surface area contributed by atoms with E-state index in [0.717, 1.165) is 11.8 Å². The lowest BCUT2D eigenvalue weighted by atomic mass is 10.1. The van der Waals surface area contributed by atoms with Crippen LogP contribution in [0, 0.1) is 5.82 Å². The van der Waals surface area contributed by atoms with Crippen LogP contribution in [0.1, 0.15) is 21.5 Å². The Balaban J connectivity index is 1.76. The minimum Gasteiger partial charge on any atom is -0.457 e. The SMILES string of the molecule is CS(=O)(=O)N1CCc2cc(C(=O)OCc3c(F)cccc3Cl)ccc21. The lowest BCUT2D eigenvalue weighted by molar-refractivity contribution is 0.0469. The number of halogens is 2. The molecule has 0 bridgehead atoms. The number of esters is 1. The third-order valence-corrected chi connectivity index (χ3v) is 5.51. The highest BCUT2D eigenvalue weighted by Crippen LogP contribution is 2.31. The largest absolute Gasteiger partial charge is 0.457 e. The number of ether oxygens (including phenoxy) is 1. The first-order valence-corrected chi connectivity index (χ1v) is 9.70. The number of rotatable bonds is 4. The van der Waals surface area contributed by atoms with Crippen LogP contribution in [-0.4, -0.2) is 27.2 Å². The highest BCUT2D eigenvalue weighted by atomic mass is 35.5. The molecule has 2 aromatic carbocycles. The summed E-state index contributed by atoms with van der Waals surface area (Å²) in [6, 6.07) is 8.90. The van der Waals surface area contributed by atoms with E-state index in [0.29, 0.717) is 18.7 Å². The maximum atomic E-state index is 13.7. The summed E-state index contributed by atoms with van der Waals surface area (Å²) in [6.45, 7) is 0.0639. The van der Waals surface area contributed by atoms with Crippen molar-refractivity contribution in [3.05, 3.63) is 63.9 Å². The van der Waals surface area contributed by atoms with Gasteiger partial charge in [0.1, 0.15) is 12.4 Å². The molecule has 0 unspecified atom stereocenters. The second-order valence-corrected chi connectivity index (χ2v) is 8.02. The van der Waals surface area contributed by atoms with E-state index >= 15 is 0 Å². The predicted octanol–water partition coefficient (Wildman–Crippen LogP) is 3.16. The first kappa shape index (κ1) is 17.7. The molecule has 2 aromatic rings. The molecular formula is C17H15ClFNO4S. The number of carbonyl (C=O) groups is 1. The van der Waals surface area contributed by atoms with Gasteiger partial charge in [-0.25, -0.2) is 17.6 Å². The van der Waals surface area contributed by atoms with Gasteiger partial charge in [-0.15, -0.1) is 0 Å². The van der Waals surface area contributed by atoms with Crippen molar-refractivity contribution in [3.8, 4) is 0 Å². The zero-order valence-electron chi connectivity index (χ0n) is 13.3. The van der Waals surface area contributed by atoms with Gasteiger partial charge in [0.15, 0.2) is 0 Å². The van der Waals surface area contributed by atoms with Crippen molar-refractivity contribution in [1.82, 2.24) is 0 Å². The number of benzene rings is 2. The van der Waals surface area contributed by atoms with Crippen LogP contribution in [0.15, 0.2) is 36.4 Å². The van der Waals surface area contributed by atoms with Crippen molar-refractivity contribution in [2.45, 2.75) is 13.0 Å². The average Bonchev–Trinajstić information content (AvgIpc) is 2.97. The Morgan fingerprint density at radius 1 is 1.32 bits per heavy atom. The zero-order chi connectivity index (χ0) is 18.2. The van der Waals surface area contributed by atoms with Crippen LogP contribution >= 0.6 is 11.6 Å². The summed E-state index contributed by atoms with van der Waals surface area (Å²) in [5, 5.41) is 0.186. The summed E-state index contributed by atoms with van der Waals surface area (Å²) in [5.41, 5.74) is 1.71. The molecular weight excluding hydrogens is 369 g/mol. The van der Waals surface area contributed by atoms with Gasteiger partial charge in [-0.1, -0.05) is 17.7 Å². The Hall–Kier alpha value is -2.12. The third-order valence-electron chi connectivity index (χ3n) is 3.98. The first-order valence-electron chi connectivity index (χ1n) is 7.48. The van der Waals surface area contributed by atoms with E-state index in [9.17, 15) is 17.6 Å². The Kier molecular flexibility index (Phi) is 4.71. The van der Waals surface area contributed by atoms with E-state index in [4.69, 9.17) is 16.3 Å². The van der Waals surface area contributed by atoms with Crippen molar-refractivity contribution < 1.29 is 22.3 Å². The molecule has 1 aliphatic rings. The molecule has 0 amide bonds. The van der Waals surface area contributed by atoms with Crippen LogP contribution < -0.4 is 4.31 Å². The molecule has 0 aromatic heterocycles. The Morgan fingerprint density at radius 2 is 2.08 bits per heavy atom. The normalized spacial score (nSPS) is 13.6. The minimum absolute atomic E-state index is 0.113. The molecule has 1 aliphatic heterocycles. The molecule has 8 heteroatoms. The quantitative estimate of drug-likeness (QED) is 0.761. The van der Waals surface area contributed by atoms with Crippen LogP contribution in [0.3, 0.4) is 0 Å². The Bertz CT molecular complexity index is 925. The van der Waals surface area contributed by atoms with Gasteiger partial charge in [0.25, 0.3) is 0 Å². The molecule has 25 heavy (non-hydrogen) atoms. The van der Waals surface area contributed by atoms with Crippen molar-refractivity contribution in [2.75, 3.05) is 17.1 Å². The average molecular weight is 384 g/mol. The fourth-order valence-electron chi connectivity index (χ4n) is 2.73. The van der Waals surface area contributed by atoms with E-state index in [1.807, 2.05) is 0 Å². The van der Waals surface area contributed by atoms with Gasteiger partial charge in [-0.2, -0.15) is 0 Å². The van der Waals surface area contributed by atoms with Gasteiger partial charge in [0, 0.05) is 12.1 Å². The van der Waals surface area contributed by atoms with Crippen LogP contribution in [-0.2, 0) is 27.8 Å². The predicted molar refractivity (Wildman–Crippen MR) is 92.9 cm³/mol. The van der Waals surface area contributed by atoms with Crippen molar-refractivity contribution in [2.24, 2.45) is 0 Å². The molecule has 0 aliphatic carbocycles. The van der Waals surface area contributed by atoms with Crippen LogP contribution in [0.5, 0.6) is 0 Å². The molecule has 0 saturated carbocycles. The van der Waals surface area contributed by atoms with Crippen molar-refractivity contribution in [1.29, 1.82) is 0 Å². The number of anilines is 1. The maximum absolute atomic E-state index is 13.7. The Labute approximate surface area is 150 Å². The van der Waals surface area contributed by atoms with Gasteiger partial charge >= 0.3 is 5.97 Å². The van der Waals surface area contributed by atoms with E-state index in [-0.39, 0.29) is 22.8 Å². The van der Waals surface area contributed by atoms with Crippen molar-refractivity contribution >= 4 is 33.3 Å². The van der Waals surface area contributed by atoms with E-state index in [1.165, 1.54) is 28.6 Å². The molecule has 0 fully saturated rings. The standard InChI is InChI=1S/C17H15ClFNO4S/c1-25(22,23)20-8-7-11-9-12(5-6-16(11)20)17(21)24-10-13-14(18)3-2-4-15(13)19/h2-6,9H,7-8,10H2,1H3. The second-order valence-electron chi connectivity index (χ2n) is 5.70. The molecule has 132 valence electrons. The smallest absolute Gasteiger partial charge is 0.338 e. The van der Waals surface area contributed by atoms with Crippen molar-refractivity contribution in [3.63, 3.8) is 0 Å². The Morgan fingerprint density at radius 3 is 2.76 bits per heavy atom. The highest BCUT2D eigenvalue weighted by Gasteiger charge is 2.27. The minimum atomic E-state index is -3.34. The fraction of sp³-hybridized carbons (Fsp3) is 0.235. The van der Waals surface area contributed by atoms with Gasteiger partial charge < -0.3 is 4.74 Å². The second kappa shape index (κ2) is 6.65. The molecule has 0 saturated heterocycles. The monoisotopic (exact) mass is 383 g/mol. The topological polar surface area (TPSA) is 63.7 Å². The number of fused-ring (bicyclic) bond motifs is 1. The van der Waals surface area contributed by atoms with Crippen LogP contribution in [0.4, 0.5) is 10.1 Å². The summed E-state index contributed by atoms with van der Waals surface area (Å²) < 4.78 is 43.6. The van der Waals surface area contributed by atoms with Crippen LogP contribution in [0.25, 0.3) is 0 Å². The van der Waals surface area contributed by atoms with E-state index < -0.39 is 21.8 Å². The summed E-state index contributed by atoms with van der Waals surface area (Å²) >= 11 is 5.90. The first-order chi connectivity index (χ1) is 11.8. The zero-order valence-corrected chi connectivity index (χ0v) is 14.9. The highest BCUT2D eigenvalue weighted by molar-refractivity contribution is 7.92. The van der Waals surface area contributed by atoms with E-state index in [1.54, 1.807) is 12.1 Å². The fourth-order valence-corrected chi connectivity index (χ4v) is 3.91. The molecule has 0 radical (unpaired) electrons. The van der Waals surface area contributed by atoms with Gasteiger partial charge in [0.05, 0.1) is 22.5 Å². The van der Waals surface area contributed by atoms with E-state index in [2.05, 4.69) is 0 Å². The van der Waals surface area contributed by atoms with Gasteiger partial charge in [0.2, 0.25) is 10.0 Å². The number of carbonyl (C=O) groups excluding carboxylic acids is 1. The summed E-state index contributed by atoms with van der Waals surface area (Å²) in [5.74, 6) is -1.17. The lowest BCUT2D eigenvalue weighted by Gasteiger charge is -2.16.